The highest BCUT2D eigenvalue weighted by molar-refractivity contribution is 5.77. The van der Waals surface area contributed by atoms with Crippen molar-refractivity contribution in [3.05, 3.63) is 76.6 Å². The van der Waals surface area contributed by atoms with Gasteiger partial charge in [0.05, 0.1) is 30.1 Å². The molecule has 0 aliphatic carbocycles. The number of allylic oxidation sites excluding steroid dienone is 3. The Morgan fingerprint density at radius 3 is 2.53 bits per heavy atom. The first-order valence-corrected chi connectivity index (χ1v) is 10.4. The molecule has 10 heteroatoms. The number of halogens is 4. The fourth-order valence-corrected chi connectivity index (χ4v) is 3.19. The Morgan fingerprint density at radius 1 is 1.26 bits per heavy atom. The summed E-state index contributed by atoms with van der Waals surface area (Å²) in [6, 6.07) is 7.29. The number of aromatic nitrogens is 1. The van der Waals surface area contributed by atoms with Crippen LogP contribution in [0.2, 0.25) is 0 Å². The number of rotatable bonds is 9. The van der Waals surface area contributed by atoms with Crippen LogP contribution in [0.1, 0.15) is 37.6 Å². The van der Waals surface area contributed by atoms with Crippen molar-refractivity contribution in [3.8, 4) is 5.75 Å². The molecule has 3 N–H and O–H groups in total. The molecule has 0 spiro atoms. The zero-order valence-electron chi connectivity index (χ0n) is 18.9. The number of aliphatic hydroxyl groups excluding tert-OH is 1. The number of pyridine rings is 1. The van der Waals surface area contributed by atoms with Gasteiger partial charge in [-0.1, -0.05) is 18.2 Å². The van der Waals surface area contributed by atoms with Gasteiger partial charge in [-0.15, -0.1) is 0 Å². The van der Waals surface area contributed by atoms with E-state index in [0.717, 1.165) is 13.0 Å². The Labute approximate surface area is 194 Å². The number of ether oxygens (including phenoxy) is 2. The smallest absolute Gasteiger partial charge is 0.416 e. The lowest BCUT2D eigenvalue weighted by molar-refractivity contribution is -0.142. The van der Waals surface area contributed by atoms with Crippen LogP contribution in [-0.4, -0.2) is 34.9 Å². The zero-order valence-corrected chi connectivity index (χ0v) is 18.9. The molecule has 1 atom stereocenters. The number of hydrogen-bond acceptors (Lipinski definition) is 6. The Balaban J connectivity index is 2.49. The van der Waals surface area contributed by atoms with Crippen molar-refractivity contribution in [1.82, 2.24) is 4.98 Å². The molecular weight excluding hydrogens is 456 g/mol. The molecule has 0 aliphatic heterocycles. The first kappa shape index (κ1) is 26.8. The number of nitrogens with zero attached hydrogens (tertiary/aromatic N) is 1. The summed E-state index contributed by atoms with van der Waals surface area (Å²) in [5.41, 5.74) is 3.77. The first-order chi connectivity index (χ1) is 16.0. The van der Waals surface area contributed by atoms with Gasteiger partial charge < -0.3 is 20.3 Å². The molecule has 0 amide bonds. The van der Waals surface area contributed by atoms with Crippen LogP contribution in [-0.2, 0) is 22.5 Å². The lowest BCUT2D eigenvalue weighted by atomic mass is 9.98. The molecule has 1 heterocycles. The van der Waals surface area contributed by atoms with Gasteiger partial charge in [0.15, 0.2) is 5.82 Å². The number of carbonyl (C=O) groups excluding carboxylic acids is 1. The van der Waals surface area contributed by atoms with Gasteiger partial charge in [0, 0.05) is 29.4 Å². The van der Waals surface area contributed by atoms with Crippen molar-refractivity contribution in [1.29, 1.82) is 0 Å². The summed E-state index contributed by atoms with van der Waals surface area (Å²) in [6.07, 6.45) is -4.82. The summed E-state index contributed by atoms with van der Waals surface area (Å²) < 4.78 is 67.3. The van der Waals surface area contributed by atoms with Gasteiger partial charge in [0.2, 0.25) is 0 Å². The molecule has 1 aromatic heterocycles. The molecule has 0 bridgehead atoms. The number of carbonyl (C=O) groups is 1. The van der Waals surface area contributed by atoms with E-state index in [2.05, 4.69) is 4.98 Å². The van der Waals surface area contributed by atoms with E-state index in [1.807, 2.05) is 0 Å². The van der Waals surface area contributed by atoms with Crippen LogP contribution in [0.3, 0.4) is 0 Å². The van der Waals surface area contributed by atoms with E-state index < -0.39 is 41.0 Å². The second-order valence-electron chi connectivity index (χ2n) is 7.27. The summed E-state index contributed by atoms with van der Waals surface area (Å²) in [4.78, 5) is 15.6. The third kappa shape index (κ3) is 6.80. The highest BCUT2D eigenvalue weighted by atomic mass is 19.4. The Bertz CT molecular complexity index is 1080. The summed E-state index contributed by atoms with van der Waals surface area (Å²) in [5, 5.41) is 10.1. The highest BCUT2D eigenvalue weighted by Crippen LogP contribution is 2.35. The van der Waals surface area contributed by atoms with E-state index >= 15 is 0 Å². The largest absolute Gasteiger partial charge is 0.512 e. The predicted octanol–water partition coefficient (Wildman–Crippen LogP) is 5.03. The van der Waals surface area contributed by atoms with E-state index in [1.165, 1.54) is 19.2 Å². The zero-order chi connectivity index (χ0) is 25.5. The number of aliphatic hydroxyl groups is 1. The van der Waals surface area contributed by atoms with Crippen LogP contribution in [0.5, 0.6) is 5.75 Å². The third-order valence-electron chi connectivity index (χ3n) is 4.82. The summed E-state index contributed by atoms with van der Waals surface area (Å²) in [5.74, 6) is -1.96. The van der Waals surface area contributed by atoms with E-state index in [-0.39, 0.29) is 36.6 Å². The van der Waals surface area contributed by atoms with Crippen LogP contribution in [0.4, 0.5) is 17.6 Å². The second-order valence-corrected chi connectivity index (χ2v) is 7.27. The number of hydrogen-bond donors (Lipinski definition) is 2. The summed E-state index contributed by atoms with van der Waals surface area (Å²) >= 11 is 0. The SMILES string of the molecule is CCOC(=O)Cc1ccccc1OC(C)/C(=C/C(=C(\C)O)c1ccnc(CN)c1F)C(F)(F)F. The molecule has 6 nitrogen and oxygen atoms in total. The van der Waals surface area contributed by atoms with Crippen molar-refractivity contribution < 1.29 is 36.9 Å². The molecule has 34 heavy (non-hydrogen) atoms. The summed E-state index contributed by atoms with van der Waals surface area (Å²) in [6.45, 7) is 3.83. The van der Waals surface area contributed by atoms with E-state index in [9.17, 15) is 27.5 Å². The van der Waals surface area contributed by atoms with Crippen molar-refractivity contribution in [2.24, 2.45) is 5.73 Å². The fraction of sp³-hybridized carbons (Fsp3) is 0.333. The second kappa shape index (κ2) is 11.6. The van der Waals surface area contributed by atoms with Gasteiger partial charge in [0.1, 0.15) is 11.9 Å². The average molecular weight is 482 g/mol. The molecule has 0 fully saturated rings. The number of esters is 1. The van der Waals surface area contributed by atoms with Crippen molar-refractivity contribution in [2.45, 2.75) is 46.0 Å². The predicted molar refractivity (Wildman–Crippen MR) is 118 cm³/mol. The molecule has 0 aliphatic rings. The van der Waals surface area contributed by atoms with Crippen molar-refractivity contribution in [3.63, 3.8) is 0 Å². The van der Waals surface area contributed by atoms with E-state index in [4.69, 9.17) is 15.2 Å². The van der Waals surface area contributed by atoms with Crippen LogP contribution in [0, 0.1) is 5.82 Å². The maximum atomic E-state index is 14.7. The number of para-hydroxylation sites is 1. The Hall–Kier alpha value is -3.40. The van der Waals surface area contributed by atoms with Crippen molar-refractivity contribution >= 4 is 11.5 Å². The van der Waals surface area contributed by atoms with E-state index in [0.29, 0.717) is 11.6 Å². The molecule has 1 unspecified atom stereocenters. The van der Waals surface area contributed by atoms with Crippen molar-refractivity contribution in [2.75, 3.05) is 6.61 Å². The molecule has 0 saturated carbocycles. The number of benzene rings is 1. The topological polar surface area (TPSA) is 94.7 Å². The lowest BCUT2D eigenvalue weighted by Crippen LogP contribution is -2.27. The molecule has 2 aromatic rings. The molecule has 2 rings (SSSR count). The maximum absolute atomic E-state index is 14.7. The van der Waals surface area contributed by atoms with Gasteiger partial charge >= 0.3 is 12.1 Å². The molecule has 0 radical (unpaired) electrons. The minimum Gasteiger partial charge on any atom is -0.512 e. The van der Waals surface area contributed by atoms with Crippen LogP contribution in [0.25, 0.3) is 5.57 Å². The number of nitrogens with two attached hydrogens (primary N) is 1. The van der Waals surface area contributed by atoms with Gasteiger partial charge in [-0.05, 0) is 39.0 Å². The van der Waals surface area contributed by atoms with Gasteiger partial charge in [-0.2, -0.15) is 13.2 Å². The average Bonchev–Trinajstić information content (AvgIpc) is 2.75. The summed E-state index contributed by atoms with van der Waals surface area (Å²) in [7, 11) is 0. The third-order valence-corrected chi connectivity index (χ3v) is 4.82. The fourth-order valence-electron chi connectivity index (χ4n) is 3.19. The van der Waals surface area contributed by atoms with Crippen LogP contribution in [0.15, 0.2) is 53.9 Å². The van der Waals surface area contributed by atoms with Gasteiger partial charge in [-0.25, -0.2) is 4.39 Å². The van der Waals surface area contributed by atoms with Crippen LogP contribution >= 0.6 is 0 Å². The van der Waals surface area contributed by atoms with E-state index in [1.54, 1.807) is 25.1 Å². The monoisotopic (exact) mass is 482 g/mol. The lowest BCUT2D eigenvalue weighted by Gasteiger charge is -2.23. The molecule has 0 saturated heterocycles. The first-order valence-electron chi connectivity index (χ1n) is 10.4. The minimum absolute atomic E-state index is 0.0602. The minimum atomic E-state index is -4.88. The quantitative estimate of drug-likeness (QED) is 0.225. The Kier molecular flexibility index (Phi) is 9.19. The normalized spacial score (nSPS) is 13.8. The highest BCUT2D eigenvalue weighted by Gasteiger charge is 2.39. The Morgan fingerprint density at radius 2 is 1.94 bits per heavy atom. The van der Waals surface area contributed by atoms with Crippen LogP contribution < -0.4 is 10.5 Å². The molecular formula is C24H26F4N2O4. The molecule has 184 valence electrons. The molecule has 1 aromatic carbocycles. The standard InChI is InChI=1S/C24H26F4N2O4/c1-4-33-22(32)11-16-7-5-6-8-21(16)34-15(3)19(24(26,27)28)12-18(14(2)31)17-9-10-30-20(13-29)23(17)25/h5-10,12,15,31H,4,11,13,29H2,1-3H3/b18-14-,19-12-. The maximum Gasteiger partial charge on any atom is 0.416 e. The number of alkyl halides is 3. The van der Waals surface area contributed by atoms with Gasteiger partial charge in [-0.3, -0.25) is 9.78 Å². The van der Waals surface area contributed by atoms with Gasteiger partial charge in [0.25, 0.3) is 0 Å².